The molecule has 0 saturated carbocycles. The number of hydrogen-bond donors (Lipinski definition) is 0. The molecule has 3 rings (SSSR count). The Morgan fingerprint density at radius 3 is 2.44 bits per heavy atom. The van der Waals surface area contributed by atoms with Crippen LogP contribution in [-0.4, -0.2) is 48.4 Å². The van der Waals surface area contributed by atoms with Gasteiger partial charge in [-0.25, -0.2) is 0 Å². The van der Waals surface area contributed by atoms with Gasteiger partial charge in [-0.05, 0) is 48.7 Å². The first-order valence-corrected chi connectivity index (χ1v) is 10.9. The number of amides is 2. The second-order valence-corrected chi connectivity index (χ2v) is 7.59. The predicted octanol–water partition coefficient (Wildman–Crippen LogP) is 4.41. The van der Waals surface area contributed by atoms with Crippen LogP contribution < -0.4 is 4.74 Å². The summed E-state index contributed by atoms with van der Waals surface area (Å²) in [5.74, 6) is 1.04. The van der Waals surface area contributed by atoms with E-state index in [-0.39, 0.29) is 18.4 Å². The summed E-state index contributed by atoms with van der Waals surface area (Å²) in [5, 5.41) is 0. The van der Waals surface area contributed by atoms with Crippen LogP contribution in [0.15, 0.2) is 77.4 Å². The van der Waals surface area contributed by atoms with Crippen LogP contribution in [0.5, 0.6) is 5.75 Å². The average molecular weight is 435 g/mol. The van der Waals surface area contributed by atoms with E-state index < -0.39 is 0 Å². The molecule has 0 atom stereocenters. The molecule has 0 aliphatic heterocycles. The van der Waals surface area contributed by atoms with Gasteiger partial charge in [0.1, 0.15) is 18.1 Å². The predicted molar refractivity (Wildman–Crippen MR) is 123 cm³/mol. The van der Waals surface area contributed by atoms with Crippen LogP contribution in [0.25, 0.3) is 0 Å². The molecule has 0 fully saturated rings. The van der Waals surface area contributed by atoms with Crippen molar-refractivity contribution in [2.75, 3.05) is 26.7 Å². The average Bonchev–Trinajstić information content (AvgIpc) is 3.35. The Morgan fingerprint density at radius 2 is 1.75 bits per heavy atom. The molecular weight excluding hydrogens is 404 g/mol. The molecule has 168 valence electrons. The molecular formula is C26H30N2O4. The number of nitrogens with zero attached hydrogens (tertiary/aromatic N) is 2. The van der Waals surface area contributed by atoms with Gasteiger partial charge in [-0.3, -0.25) is 9.59 Å². The SMILES string of the molecule is CCCN(CC(=O)N(CCc1ccccc1)Cc1ccco1)C(=O)c1cccc(OC)c1. The number of carbonyl (C=O) groups excluding carboxylic acids is 2. The van der Waals surface area contributed by atoms with Crippen molar-refractivity contribution < 1.29 is 18.7 Å². The molecule has 0 spiro atoms. The van der Waals surface area contributed by atoms with Gasteiger partial charge in [0.2, 0.25) is 5.91 Å². The van der Waals surface area contributed by atoms with Crippen molar-refractivity contribution in [2.24, 2.45) is 0 Å². The Kier molecular flexibility index (Phi) is 8.49. The standard InChI is InChI=1S/C26H30N2O4/c1-3-15-28(26(30)22-11-7-12-23(18-22)31-2)20-25(29)27(19-24-13-8-17-32-24)16-14-21-9-5-4-6-10-21/h4-13,17-18H,3,14-16,19-20H2,1-2H3. The zero-order chi connectivity index (χ0) is 22.8. The van der Waals surface area contributed by atoms with Crippen molar-refractivity contribution in [3.63, 3.8) is 0 Å². The van der Waals surface area contributed by atoms with Crippen LogP contribution in [0.3, 0.4) is 0 Å². The molecule has 0 aliphatic carbocycles. The molecule has 2 aromatic carbocycles. The van der Waals surface area contributed by atoms with Gasteiger partial charge in [-0.2, -0.15) is 0 Å². The van der Waals surface area contributed by atoms with E-state index in [0.29, 0.717) is 36.7 Å². The zero-order valence-corrected chi connectivity index (χ0v) is 18.7. The summed E-state index contributed by atoms with van der Waals surface area (Å²) >= 11 is 0. The van der Waals surface area contributed by atoms with Gasteiger partial charge in [-0.1, -0.05) is 43.3 Å². The summed E-state index contributed by atoms with van der Waals surface area (Å²) in [7, 11) is 1.57. The molecule has 6 heteroatoms. The highest BCUT2D eigenvalue weighted by Gasteiger charge is 2.23. The first-order valence-electron chi connectivity index (χ1n) is 10.9. The molecule has 2 amide bonds. The molecule has 0 bridgehead atoms. The largest absolute Gasteiger partial charge is 0.497 e. The summed E-state index contributed by atoms with van der Waals surface area (Å²) in [6.07, 6.45) is 3.08. The maximum Gasteiger partial charge on any atom is 0.254 e. The molecule has 6 nitrogen and oxygen atoms in total. The second kappa shape index (κ2) is 11.7. The van der Waals surface area contributed by atoms with Crippen molar-refractivity contribution >= 4 is 11.8 Å². The molecule has 32 heavy (non-hydrogen) atoms. The van der Waals surface area contributed by atoms with E-state index in [1.165, 1.54) is 0 Å². The van der Waals surface area contributed by atoms with E-state index >= 15 is 0 Å². The number of methoxy groups -OCH3 is 1. The number of benzene rings is 2. The number of hydrogen-bond acceptors (Lipinski definition) is 4. The highest BCUT2D eigenvalue weighted by molar-refractivity contribution is 5.96. The number of ether oxygens (including phenoxy) is 1. The van der Waals surface area contributed by atoms with Gasteiger partial charge in [0.25, 0.3) is 5.91 Å². The summed E-state index contributed by atoms with van der Waals surface area (Å²) in [6, 6.07) is 20.7. The molecule has 3 aromatic rings. The van der Waals surface area contributed by atoms with Crippen LogP contribution in [0.4, 0.5) is 0 Å². The summed E-state index contributed by atoms with van der Waals surface area (Å²) in [5.41, 5.74) is 1.66. The Bertz CT molecular complexity index is 986. The highest BCUT2D eigenvalue weighted by Crippen LogP contribution is 2.16. The lowest BCUT2D eigenvalue weighted by atomic mass is 10.1. The number of furan rings is 1. The van der Waals surface area contributed by atoms with Crippen molar-refractivity contribution in [3.05, 3.63) is 89.9 Å². The fourth-order valence-corrected chi connectivity index (χ4v) is 3.52. The van der Waals surface area contributed by atoms with Gasteiger partial charge in [0.05, 0.1) is 19.9 Å². The second-order valence-electron chi connectivity index (χ2n) is 7.59. The van der Waals surface area contributed by atoms with Gasteiger partial charge >= 0.3 is 0 Å². The molecule has 0 N–H and O–H groups in total. The van der Waals surface area contributed by atoms with Crippen molar-refractivity contribution in [1.82, 2.24) is 9.80 Å². The number of rotatable bonds is 11. The fraction of sp³-hybridized carbons (Fsp3) is 0.308. The van der Waals surface area contributed by atoms with E-state index in [1.807, 2.05) is 49.4 Å². The van der Waals surface area contributed by atoms with Crippen molar-refractivity contribution in [1.29, 1.82) is 0 Å². The first-order chi connectivity index (χ1) is 15.6. The van der Waals surface area contributed by atoms with Gasteiger partial charge in [-0.15, -0.1) is 0 Å². The number of carbonyl (C=O) groups is 2. The Morgan fingerprint density at radius 1 is 0.938 bits per heavy atom. The topological polar surface area (TPSA) is 63.0 Å². The van der Waals surface area contributed by atoms with Crippen molar-refractivity contribution in [3.8, 4) is 5.75 Å². The van der Waals surface area contributed by atoms with Crippen LogP contribution in [-0.2, 0) is 17.8 Å². The van der Waals surface area contributed by atoms with Crippen molar-refractivity contribution in [2.45, 2.75) is 26.3 Å². The third-order valence-electron chi connectivity index (χ3n) is 5.22. The minimum atomic E-state index is -0.180. The van der Waals surface area contributed by atoms with Crippen LogP contribution >= 0.6 is 0 Å². The van der Waals surface area contributed by atoms with Crippen LogP contribution in [0.1, 0.15) is 35.0 Å². The normalized spacial score (nSPS) is 10.6. The molecule has 1 aromatic heterocycles. The monoisotopic (exact) mass is 434 g/mol. The fourth-order valence-electron chi connectivity index (χ4n) is 3.52. The highest BCUT2D eigenvalue weighted by atomic mass is 16.5. The van der Waals surface area contributed by atoms with E-state index in [2.05, 4.69) is 0 Å². The molecule has 0 aliphatic rings. The lowest BCUT2D eigenvalue weighted by Gasteiger charge is -2.27. The maximum atomic E-state index is 13.3. The Labute approximate surface area is 189 Å². The Hall–Kier alpha value is -3.54. The summed E-state index contributed by atoms with van der Waals surface area (Å²) in [4.78, 5) is 29.8. The van der Waals surface area contributed by atoms with E-state index in [9.17, 15) is 9.59 Å². The summed E-state index contributed by atoms with van der Waals surface area (Å²) in [6.45, 7) is 3.41. The minimum Gasteiger partial charge on any atom is -0.497 e. The molecule has 1 heterocycles. The zero-order valence-electron chi connectivity index (χ0n) is 18.7. The quantitative estimate of drug-likeness (QED) is 0.448. The molecule has 0 unspecified atom stereocenters. The summed E-state index contributed by atoms with van der Waals surface area (Å²) < 4.78 is 10.7. The lowest BCUT2D eigenvalue weighted by molar-refractivity contribution is -0.132. The van der Waals surface area contributed by atoms with Gasteiger partial charge in [0.15, 0.2) is 0 Å². The van der Waals surface area contributed by atoms with E-state index in [4.69, 9.17) is 9.15 Å². The molecule has 0 saturated heterocycles. The van der Waals surface area contributed by atoms with Gasteiger partial charge < -0.3 is 19.0 Å². The smallest absolute Gasteiger partial charge is 0.254 e. The third kappa shape index (κ3) is 6.48. The lowest BCUT2D eigenvalue weighted by Crippen LogP contribution is -2.43. The molecule has 0 radical (unpaired) electrons. The first kappa shape index (κ1) is 23.1. The Balaban J connectivity index is 1.73. The minimum absolute atomic E-state index is 0.0133. The van der Waals surface area contributed by atoms with Gasteiger partial charge in [0, 0.05) is 18.7 Å². The van der Waals surface area contributed by atoms with E-state index in [1.54, 1.807) is 47.4 Å². The maximum absolute atomic E-state index is 13.3. The van der Waals surface area contributed by atoms with Crippen LogP contribution in [0.2, 0.25) is 0 Å². The van der Waals surface area contributed by atoms with E-state index in [0.717, 1.165) is 18.4 Å². The third-order valence-corrected chi connectivity index (χ3v) is 5.22. The van der Waals surface area contributed by atoms with Crippen LogP contribution in [0, 0.1) is 0 Å².